The van der Waals surface area contributed by atoms with Gasteiger partial charge in [0.25, 0.3) is 11.6 Å². The number of carbonyl (C=O) groups is 1. The number of rotatable bonds is 5. The van der Waals surface area contributed by atoms with Crippen LogP contribution in [0.1, 0.15) is 15.9 Å². The molecule has 0 fully saturated rings. The molecule has 0 radical (unpaired) electrons. The van der Waals surface area contributed by atoms with Crippen LogP contribution in [0.5, 0.6) is 0 Å². The maximum Gasteiger partial charge on any atom is 0.272 e. The first-order chi connectivity index (χ1) is 10.0. The zero-order chi connectivity index (χ0) is 15.4. The van der Waals surface area contributed by atoms with Crippen molar-refractivity contribution in [2.45, 2.75) is 13.7 Å². The number of carbonyl (C=O) groups excluding carboxylic acids is 1. The summed E-state index contributed by atoms with van der Waals surface area (Å²) in [4.78, 5) is 22.3. The fourth-order valence-electron chi connectivity index (χ4n) is 1.84. The molecule has 0 bridgehead atoms. The number of nitrogens with one attached hydrogen (secondary N) is 1. The average Bonchev–Trinajstić information content (AvgIpc) is 2.86. The van der Waals surface area contributed by atoms with E-state index in [4.69, 9.17) is 4.74 Å². The van der Waals surface area contributed by atoms with Gasteiger partial charge in [-0.2, -0.15) is 5.10 Å². The number of benzene rings is 1. The fraction of sp³-hybridized carbons (Fsp3) is 0.231. The van der Waals surface area contributed by atoms with Gasteiger partial charge in [0, 0.05) is 24.3 Å². The summed E-state index contributed by atoms with van der Waals surface area (Å²) < 4.78 is 6.43. The van der Waals surface area contributed by atoms with Gasteiger partial charge in [-0.3, -0.25) is 14.9 Å². The van der Waals surface area contributed by atoms with Crippen LogP contribution in [0, 0.1) is 17.0 Å². The molecular weight excluding hydrogens is 276 g/mol. The van der Waals surface area contributed by atoms with Crippen molar-refractivity contribution in [2.24, 2.45) is 0 Å². The molecule has 21 heavy (non-hydrogen) atoms. The van der Waals surface area contributed by atoms with Gasteiger partial charge in [0.1, 0.15) is 6.73 Å². The second-order valence-corrected chi connectivity index (χ2v) is 4.40. The summed E-state index contributed by atoms with van der Waals surface area (Å²) in [6.07, 6.45) is 3.12. The lowest BCUT2D eigenvalue weighted by Crippen LogP contribution is -2.12. The molecule has 0 aliphatic heterocycles. The molecule has 1 aromatic heterocycles. The highest BCUT2D eigenvalue weighted by molar-refractivity contribution is 6.04. The molecule has 2 rings (SSSR count). The van der Waals surface area contributed by atoms with Gasteiger partial charge >= 0.3 is 0 Å². The summed E-state index contributed by atoms with van der Waals surface area (Å²) in [5.74, 6) is -0.357. The third-order valence-electron chi connectivity index (χ3n) is 2.81. The van der Waals surface area contributed by atoms with E-state index in [1.165, 1.54) is 29.1 Å². The minimum Gasteiger partial charge on any atom is -0.362 e. The van der Waals surface area contributed by atoms with Crippen molar-refractivity contribution < 1.29 is 14.5 Å². The molecule has 2 aromatic rings. The maximum atomic E-state index is 12.1. The van der Waals surface area contributed by atoms with Gasteiger partial charge in [0.05, 0.1) is 23.0 Å². The minimum absolute atomic E-state index is 0.0144. The van der Waals surface area contributed by atoms with E-state index < -0.39 is 4.92 Å². The lowest BCUT2D eigenvalue weighted by atomic mass is 10.1. The standard InChI is InChI=1S/C13H14N4O4/c1-9-5-10(3-4-12(9)17(19)20)13(18)15-11-6-14-16(7-11)8-21-2/h3-7H,8H2,1-2H3,(H,15,18). The van der Waals surface area contributed by atoms with Gasteiger partial charge in [-0.15, -0.1) is 0 Å². The third kappa shape index (κ3) is 3.42. The molecule has 8 heteroatoms. The lowest BCUT2D eigenvalue weighted by molar-refractivity contribution is -0.385. The molecule has 1 heterocycles. The van der Waals surface area contributed by atoms with Gasteiger partial charge < -0.3 is 10.1 Å². The van der Waals surface area contributed by atoms with Crippen LogP contribution in [0.2, 0.25) is 0 Å². The van der Waals surface area contributed by atoms with E-state index >= 15 is 0 Å². The van der Waals surface area contributed by atoms with Crippen LogP contribution in [-0.4, -0.2) is 27.7 Å². The molecule has 0 saturated heterocycles. The average molecular weight is 290 g/mol. The second-order valence-electron chi connectivity index (χ2n) is 4.40. The number of hydrogen-bond acceptors (Lipinski definition) is 5. The number of methoxy groups -OCH3 is 1. The zero-order valence-electron chi connectivity index (χ0n) is 11.6. The Morgan fingerprint density at radius 3 is 2.90 bits per heavy atom. The Balaban J connectivity index is 2.12. The van der Waals surface area contributed by atoms with Crippen LogP contribution in [0.15, 0.2) is 30.6 Å². The van der Waals surface area contributed by atoms with Crippen LogP contribution in [0.25, 0.3) is 0 Å². The van der Waals surface area contributed by atoms with Gasteiger partial charge in [0.2, 0.25) is 0 Å². The van der Waals surface area contributed by atoms with Crippen molar-refractivity contribution in [2.75, 3.05) is 12.4 Å². The highest BCUT2D eigenvalue weighted by Crippen LogP contribution is 2.19. The van der Waals surface area contributed by atoms with Crippen LogP contribution < -0.4 is 5.32 Å². The number of hydrogen-bond donors (Lipinski definition) is 1. The number of aromatic nitrogens is 2. The van der Waals surface area contributed by atoms with Crippen LogP contribution in [-0.2, 0) is 11.5 Å². The normalized spacial score (nSPS) is 10.4. The number of nitro groups is 1. The number of ether oxygens (including phenoxy) is 1. The molecule has 1 N–H and O–H groups in total. The number of aryl methyl sites for hydroxylation is 1. The van der Waals surface area contributed by atoms with Crippen molar-refractivity contribution in [3.8, 4) is 0 Å². The molecule has 0 aliphatic rings. The smallest absolute Gasteiger partial charge is 0.272 e. The zero-order valence-corrected chi connectivity index (χ0v) is 11.6. The molecule has 1 aromatic carbocycles. The van der Waals surface area contributed by atoms with E-state index in [1.807, 2.05) is 0 Å². The summed E-state index contributed by atoms with van der Waals surface area (Å²) in [6.45, 7) is 1.87. The number of anilines is 1. The molecule has 0 aliphatic carbocycles. The van der Waals surface area contributed by atoms with Crippen molar-refractivity contribution >= 4 is 17.3 Å². The van der Waals surface area contributed by atoms with E-state index in [0.29, 0.717) is 16.8 Å². The Bertz CT molecular complexity index is 681. The van der Waals surface area contributed by atoms with Crippen LogP contribution in [0.4, 0.5) is 11.4 Å². The monoisotopic (exact) mass is 290 g/mol. The first-order valence-electron chi connectivity index (χ1n) is 6.09. The summed E-state index contributed by atoms with van der Waals surface area (Å²) in [5, 5.41) is 17.4. The molecule has 0 saturated carbocycles. The van der Waals surface area contributed by atoms with Crippen molar-refractivity contribution in [1.29, 1.82) is 0 Å². The number of amides is 1. The highest BCUT2D eigenvalue weighted by Gasteiger charge is 2.14. The van der Waals surface area contributed by atoms with Crippen molar-refractivity contribution in [3.05, 3.63) is 51.8 Å². The van der Waals surface area contributed by atoms with Crippen LogP contribution >= 0.6 is 0 Å². The summed E-state index contributed by atoms with van der Waals surface area (Å²) in [5.41, 5.74) is 1.29. The summed E-state index contributed by atoms with van der Waals surface area (Å²) in [7, 11) is 1.54. The Hall–Kier alpha value is -2.74. The van der Waals surface area contributed by atoms with Gasteiger partial charge in [0.15, 0.2) is 0 Å². The Morgan fingerprint density at radius 2 is 2.29 bits per heavy atom. The minimum atomic E-state index is -0.480. The van der Waals surface area contributed by atoms with E-state index in [-0.39, 0.29) is 18.3 Å². The van der Waals surface area contributed by atoms with Crippen LogP contribution in [0.3, 0.4) is 0 Å². The largest absolute Gasteiger partial charge is 0.362 e. The first kappa shape index (κ1) is 14.7. The maximum absolute atomic E-state index is 12.1. The van der Waals surface area contributed by atoms with Crippen molar-refractivity contribution in [1.82, 2.24) is 9.78 Å². The summed E-state index contributed by atoms with van der Waals surface area (Å²) >= 11 is 0. The predicted octanol–water partition coefficient (Wildman–Crippen LogP) is 1.96. The SMILES string of the molecule is COCn1cc(NC(=O)c2ccc([N+](=O)[O-])c(C)c2)cn1. The molecule has 0 unspecified atom stereocenters. The lowest BCUT2D eigenvalue weighted by Gasteiger charge is -2.04. The molecule has 0 atom stereocenters. The van der Waals surface area contributed by atoms with Gasteiger partial charge in [-0.25, -0.2) is 4.68 Å². The second kappa shape index (κ2) is 6.14. The first-order valence-corrected chi connectivity index (χ1v) is 6.09. The fourth-order valence-corrected chi connectivity index (χ4v) is 1.84. The molecular formula is C13H14N4O4. The van der Waals surface area contributed by atoms with Gasteiger partial charge in [-0.1, -0.05) is 0 Å². The third-order valence-corrected chi connectivity index (χ3v) is 2.81. The Labute approximate surface area is 120 Å². The topological polar surface area (TPSA) is 99.3 Å². The molecule has 110 valence electrons. The quantitative estimate of drug-likeness (QED) is 0.670. The number of nitrogens with zero attached hydrogens (tertiary/aromatic N) is 3. The number of nitro benzene ring substituents is 1. The Morgan fingerprint density at radius 1 is 1.52 bits per heavy atom. The molecule has 0 spiro atoms. The van der Waals surface area contributed by atoms with Gasteiger partial charge in [-0.05, 0) is 19.1 Å². The van der Waals surface area contributed by atoms with E-state index in [9.17, 15) is 14.9 Å². The molecule has 8 nitrogen and oxygen atoms in total. The van der Waals surface area contributed by atoms with Crippen molar-refractivity contribution in [3.63, 3.8) is 0 Å². The Kier molecular flexibility index (Phi) is 4.29. The van der Waals surface area contributed by atoms with E-state index in [0.717, 1.165) is 0 Å². The predicted molar refractivity (Wildman–Crippen MR) is 75.0 cm³/mol. The highest BCUT2D eigenvalue weighted by atomic mass is 16.6. The molecule has 1 amide bonds. The van der Waals surface area contributed by atoms with E-state index in [2.05, 4.69) is 10.4 Å². The van der Waals surface area contributed by atoms with E-state index in [1.54, 1.807) is 20.2 Å². The summed E-state index contributed by atoms with van der Waals surface area (Å²) in [6, 6.07) is 4.21.